The molecule has 0 atom stereocenters. The van der Waals surface area contributed by atoms with Crippen LogP contribution < -0.4 is 5.73 Å². The van der Waals surface area contributed by atoms with E-state index in [1.807, 2.05) is 0 Å². The van der Waals surface area contributed by atoms with Crippen LogP contribution in [0, 0.1) is 0 Å². The van der Waals surface area contributed by atoms with Crippen LogP contribution in [0.15, 0.2) is 0 Å². The lowest BCUT2D eigenvalue weighted by Crippen LogP contribution is -2.78. The van der Waals surface area contributed by atoms with E-state index in [1.54, 1.807) is 0 Å². The summed E-state index contributed by atoms with van der Waals surface area (Å²) in [6.45, 7) is 1.22. The molecule has 0 unspecified atom stereocenters. The molecule has 4 nitrogen and oxygen atoms in total. The average Bonchev–Trinajstić information content (AvgIpc) is 2.04. The zero-order valence-corrected chi connectivity index (χ0v) is 6.76. The van der Waals surface area contributed by atoms with Crippen molar-refractivity contribution in [2.24, 2.45) is 0 Å². The van der Waals surface area contributed by atoms with Crippen LogP contribution in [0.1, 0.15) is 12.8 Å². The van der Waals surface area contributed by atoms with E-state index in [-0.39, 0.29) is 5.97 Å². The Morgan fingerprint density at radius 3 is 2.55 bits per heavy atom. The molecule has 3 N–H and O–H groups in total. The van der Waals surface area contributed by atoms with Crippen LogP contribution in [0.3, 0.4) is 0 Å². The fraction of sp³-hybridized carbons (Fsp3) is 0.857. The Morgan fingerprint density at radius 1 is 1.55 bits per heavy atom. The van der Waals surface area contributed by atoms with E-state index in [0.717, 1.165) is 0 Å². The highest BCUT2D eigenvalue weighted by Crippen LogP contribution is 2.16. The van der Waals surface area contributed by atoms with Crippen molar-refractivity contribution in [3.05, 3.63) is 0 Å². The van der Waals surface area contributed by atoms with Gasteiger partial charge in [-0.05, 0) is 0 Å². The van der Waals surface area contributed by atoms with Gasteiger partial charge in [-0.15, -0.1) is 0 Å². The molecule has 0 aromatic rings. The minimum absolute atomic E-state index is 0.221. The van der Waals surface area contributed by atoms with Crippen molar-refractivity contribution in [3.8, 4) is 0 Å². The van der Waals surface area contributed by atoms with Gasteiger partial charge in [0.25, 0.3) is 0 Å². The highest BCUT2D eigenvalue weighted by molar-refractivity contribution is 5.78. The van der Waals surface area contributed by atoms with Crippen LogP contribution in [-0.2, 0) is 14.3 Å². The van der Waals surface area contributed by atoms with Crippen LogP contribution >= 0.6 is 0 Å². The summed E-state index contributed by atoms with van der Waals surface area (Å²) in [5.41, 5.74) is 3.30. The van der Waals surface area contributed by atoms with E-state index in [1.165, 1.54) is 7.11 Å². The maximum atomic E-state index is 11.1. The Morgan fingerprint density at radius 2 is 2.09 bits per heavy atom. The summed E-state index contributed by atoms with van der Waals surface area (Å²) >= 11 is 0. The Labute approximate surface area is 65.7 Å². The van der Waals surface area contributed by atoms with Crippen LogP contribution in [0.5, 0.6) is 0 Å². The number of hydrogen-bond acceptors (Lipinski definition) is 3. The highest BCUT2D eigenvalue weighted by Gasteiger charge is 2.41. The zero-order valence-electron chi connectivity index (χ0n) is 6.76. The van der Waals surface area contributed by atoms with Crippen molar-refractivity contribution in [2.45, 2.75) is 18.4 Å². The van der Waals surface area contributed by atoms with E-state index in [2.05, 4.69) is 10.5 Å². The van der Waals surface area contributed by atoms with E-state index in [9.17, 15) is 4.79 Å². The number of carbonyl (C=O) groups excluding carboxylic acids is 1. The molecule has 11 heavy (non-hydrogen) atoms. The third-order valence-electron chi connectivity index (χ3n) is 2.07. The maximum absolute atomic E-state index is 11.1. The van der Waals surface area contributed by atoms with Crippen LogP contribution in [0.25, 0.3) is 0 Å². The molecule has 0 spiro atoms. The third-order valence-corrected chi connectivity index (χ3v) is 2.07. The van der Waals surface area contributed by atoms with Gasteiger partial charge in [-0.3, -0.25) is 0 Å². The van der Waals surface area contributed by atoms with E-state index < -0.39 is 5.54 Å². The molecular formula is C7H14NO3+. The maximum Gasteiger partial charge on any atom is 0.367 e. The summed E-state index contributed by atoms with van der Waals surface area (Å²) in [7, 11) is 1.39. The molecule has 0 aromatic heterocycles. The van der Waals surface area contributed by atoms with E-state index in [4.69, 9.17) is 4.74 Å². The van der Waals surface area contributed by atoms with Gasteiger partial charge in [0.15, 0.2) is 5.54 Å². The lowest BCUT2D eigenvalue weighted by molar-refractivity contribution is -0.472. The summed E-state index contributed by atoms with van der Waals surface area (Å²) < 4.78 is 9.75. The van der Waals surface area contributed by atoms with Crippen molar-refractivity contribution in [1.29, 1.82) is 0 Å². The van der Waals surface area contributed by atoms with Crippen molar-refractivity contribution in [3.63, 3.8) is 0 Å². The third kappa shape index (κ3) is 1.70. The largest absolute Gasteiger partial charge is 0.464 e. The van der Waals surface area contributed by atoms with Gasteiger partial charge in [0.1, 0.15) is 0 Å². The standard InChI is InChI=1S/C7H13NO3/c1-10-6(9)7(8)2-4-11-5-3-7/h2-5,8H2,1H3/p+1. The van der Waals surface area contributed by atoms with E-state index in [0.29, 0.717) is 26.1 Å². The number of ether oxygens (including phenoxy) is 2. The normalized spacial score (nSPS) is 22.7. The van der Waals surface area contributed by atoms with Crippen LogP contribution in [0.4, 0.5) is 0 Å². The zero-order chi connectivity index (χ0) is 8.32. The first-order chi connectivity index (χ1) is 5.19. The molecule has 0 aromatic carbocycles. The SMILES string of the molecule is COC(=O)C1([NH3+])CCOCC1. The quantitative estimate of drug-likeness (QED) is 0.498. The first kappa shape index (κ1) is 8.49. The Balaban J connectivity index is 2.56. The summed E-state index contributed by atoms with van der Waals surface area (Å²) in [6.07, 6.45) is 1.33. The molecule has 1 rings (SSSR count). The van der Waals surface area contributed by atoms with Gasteiger partial charge in [0.2, 0.25) is 0 Å². The Bertz CT molecular complexity index is 152. The van der Waals surface area contributed by atoms with Crippen molar-refractivity contribution in [2.75, 3.05) is 20.3 Å². The van der Waals surface area contributed by atoms with Gasteiger partial charge >= 0.3 is 5.97 Å². The molecule has 0 radical (unpaired) electrons. The molecule has 1 aliphatic rings. The highest BCUT2D eigenvalue weighted by atomic mass is 16.5. The second-order valence-corrected chi connectivity index (χ2v) is 2.88. The molecule has 1 aliphatic heterocycles. The lowest BCUT2D eigenvalue weighted by atomic mass is 9.92. The second-order valence-electron chi connectivity index (χ2n) is 2.88. The van der Waals surface area contributed by atoms with Crippen LogP contribution in [-0.4, -0.2) is 31.8 Å². The van der Waals surface area contributed by atoms with Gasteiger partial charge in [0, 0.05) is 12.8 Å². The molecule has 1 saturated heterocycles. The fourth-order valence-corrected chi connectivity index (χ4v) is 1.18. The molecular weight excluding hydrogens is 146 g/mol. The monoisotopic (exact) mass is 160 g/mol. The number of quaternary nitrogens is 1. The number of methoxy groups -OCH3 is 1. The van der Waals surface area contributed by atoms with Crippen LogP contribution in [0.2, 0.25) is 0 Å². The summed E-state index contributed by atoms with van der Waals surface area (Å²) in [5.74, 6) is -0.221. The summed E-state index contributed by atoms with van der Waals surface area (Å²) in [4.78, 5) is 11.1. The number of carbonyl (C=O) groups is 1. The molecule has 1 fully saturated rings. The molecule has 0 amide bonds. The Kier molecular flexibility index (Phi) is 2.46. The van der Waals surface area contributed by atoms with Gasteiger partial charge in [0.05, 0.1) is 20.3 Å². The average molecular weight is 160 g/mol. The molecule has 64 valence electrons. The number of hydrogen-bond donors (Lipinski definition) is 1. The first-order valence-corrected chi connectivity index (χ1v) is 3.70. The topological polar surface area (TPSA) is 63.2 Å². The second kappa shape index (κ2) is 3.19. The lowest BCUT2D eigenvalue weighted by Gasteiger charge is -2.26. The summed E-state index contributed by atoms with van der Waals surface area (Å²) in [5, 5.41) is 0. The molecule has 0 bridgehead atoms. The molecule has 0 aliphatic carbocycles. The first-order valence-electron chi connectivity index (χ1n) is 3.70. The van der Waals surface area contributed by atoms with Crippen molar-refractivity contribution >= 4 is 5.97 Å². The smallest absolute Gasteiger partial charge is 0.367 e. The van der Waals surface area contributed by atoms with Crippen molar-refractivity contribution in [1.82, 2.24) is 0 Å². The van der Waals surface area contributed by atoms with Gasteiger partial charge in [-0.1, -0.05) is 0 Å². The van der Waals surface area contributed by atoms with Gasteiger partial charge < -0.3 is 15.2 Å². The number of rotatable bonds is 1. The molecule has 4 heteroatoms. The van der Waals surface area contributed by atoms with Gasteiger partial charge in [-0.25, -0.2) is 4.79 Å². The minimum atomic E-state index is -0.549. The predicted molar refractivity (Wildman–Crippen MR) is 37.7 cm³/mol. The predicted octanol–water partition coefficient (Wildman–Crippen LogP) is -1.05. The minimum Gasteiger partial charge on any atom is -0.464 e. The molecule has 1 heterocycles. The Hall–Kier alpha value is -0.610. The van der Waals surface area contributed by atoms with Gasteiger partial charge in [-0.2, -0.15) is 0 Å². The fourth-order valence-electron chi connectivity index (χ4n) is 1.18. The number of esters is 1. The molecule has 0 saturated carbocycles. The van der Waals surface area contributed by atoms with E-state index >= 15 is 0 Å². The van der Waals surface area contributed by atoms with Crippen molar-refractivity contribution < 1.29 is 20.0 Å². The summed E-state index contributed by atoms with van der Waals surface area (Å²) in [6, 6.07) is 0.